The third kappa shape index (κ3) is 2.08. The first-order chi connectivity index (χ1) is 9.19. The Bertz CT molecular complexity index is 628. The summed E-state index contributed by atoms with van der Waals surface area (Å²) in [5.41, 5.74) is 2.89. The highest BCUT2D eigenvalue weighted by atomic mass is 19.1. The van der Waals surface area contributed by atoms with E-state index in [0.717, 1.165) is 12.0 Å². The number of rotatable bonds is 2. The Morgan fingerprint density at radius 3 is 3.00 bits per heavy atom. The fourth-order valence-electron chi connectivity index (χ4n) is 2.45. The van der Waals surface area contributed by atoms with E-state index in [1.165, 1.54) is 6.07 Å². The largest absolute Gasteiger partial charge is 0.497 e. The molecule has 4 heteroatoms. The smallest absolute Gasteiger partial charge is 0.131 e. The fourth-order valence-corrected chi connectivity index (χ4v) is 2.45. The summed E-state index contributed by atoms with van der Waals surface area (Å²) in [4.78, 5) is 4.26. The Morgan fingerprint density at radius 1 is 1.37 bits per heavy atom. The molecule has 3 rings (SSSR count). The molecule has 0 radical (unpaired) electrons. The van der Waals surface area contributed by atoms with Gasteiger partial charge in [-0.05, 0) is 42.7 Å². The maximum atomic E-state index is 13.9. The van der Waals surface area contributed by atoms with Crippen LogP contribution in [0.15, 0.2) is 30.5 Å². The number of hydrogen-bond donors (Lipinski definition) is 1. The van der Waals surface area contributed by atoms with Crippen LogP contribution in [0, 0.1) is 5.82 Å². The summed E-state index contributed by atoms with van der Waals surface area (Å²) in [6.07, 6.45) is 2.58. The van der Waals surface area contributed by atoms with Crippen molar-refractivity contribution in [3.05, 3.63) is 47.5 Å². The molecule has 0 aliphatic heterocycles. The number of hydrogen-bond acceptors (Lipinski definition) is 3. The second kappa shape index (κ2) is 4.63. The minimum Gasteiger partial charge on any atom is -0.497 e. The quantitative estimate of drug-likeness (QED) is 0.901. The number of halogens is 1. The van der Waals surface area contributed by atoms with Crippen LogP contribution >= 0.6 is 0 Å². The number of fused-ring (bicyclic) bond motifs is 1. The molecule has 1 aliphatic carbocycles. The van der Waals surface area contributed by atoms with Crippen molar-refractivity contribution in [3.8, 4) is 16.9 Å². The van der Waals surface area contributed by atoms with E-state index >= 15 is 0 Å². The second-order valence-electron chi connectivity index (χ2n) is 4.67. The molecule has 1 aliphatic rings. The molecule has 0 bridgehead atoms. The number of pyridine rings is 1. The lowest BCUT2D eigenvalue weighted by Crippen LogP contribution is -1.96. The van der Waals surface area contributed by atoms with Crippen molar-refractivity contribution in [1.82, 2.24) is 4.98 Å². The lowest BCUT2D eigenvalue weighted by molar-refractivity contribution is 0.176. The summed E-state index contributed by atoms with van der Waals surface area (Å²) in [6.45, 7) is 0. The van der Waals surface area contributed by atoms with Gasteiger partial charge in [0.1, 0.15) is 11.6 Å². The summed E-state index contributed by atoms with van der Waals surface area (Å²) >= 11 is 0. The maximum Gasteiger partial charge on any atom is 0.131 e. The van der Waals surface area contributed by atoms with Crippen LogP contribution in [-0.4, -0.2) is 17.2 Å². The van der Waals surface area contributed by atoms with Gasteiger partial charge < -0.3 is 9.84 Å². The lowest BCUT2D eigenvalue weighted by atomic mass is 10.0. The van der Waals surface area contributed by atoms with E-state index in [-0.39, 0.29) is 5.82 Å². The highest BCUT2D eigenvalue weighted by Crippen LogP contribution is 2.33. The van der Waals surface area contributed by atoms with Crippen molar-refractivity contribution < 1.29 is 14.2 Å². The highest BCUT2D eigenvalue weighted by Gasteiger charge is 2.22. The van der Waals surface area contributed by atoms with Crippen LogP contribution in [0.5, 0.6) is 5.75 Å². The molecule has 0 saturated heterocycles. The lowest BCUT2D eigenvalue weighted by Gasteiger charge is -2.08. The molecule has 1 N–H and O–H groups in total. The van der Waals surface area contributed by atoms with Crippen molar-refractivity contribution in [1.29, 1.82) is 0 Å². The summed E-state index contributed by atoms with van der Waals surface area (Å²) in [6, 6.07) is 6.53. The molecule has 2 aromatic rings. The third-order valence-corrected chi connectivity index (χ3v) is 3.49. The minimum atomic E-state index is -0.487. The molecule has 0 fully saturated rings. The predicted octanol–water partition coefficient (Wildman–Crippen LogP) is 2.88. The zero-order chi connectivity index (χ0) is 13.4. The van der Waals surface area contributed by atoms with Gasteiger partial charge in [-0.2, -0.15) is 0 Å². The van der Waals surface area contributed by atoms with E-state index in [9.17, 15) is 9.50 Å². The van der Waals surface area contributed by atoms with Crippen LogP contribution in [-0.2, 0) is 6.42 Å². The molecule has 0 spiro atoms. The standard InChI is InChI=1S/C15H14FNO2/c1-19-11-3-4-13(16)12(7-11)10-6-9-2-5-14(18)15(9)17-8-10/h3-4,6-8,14,18H,2,5H2,1H3. The highest BCUT2D eigenvalue weighted by molar-refractivity contribution is 5.66. The van der Waals surface area contributed by atoms with Crippen molar-refractivity contribution in [3.63, 3.8) is 0 Å². The van der Waals surface area contributed by atoms with Gasteiger partial charge in [0, 0.05) is 17.3 Å². The average molecular weight is 259 g/mol. The molecule has 1 aromatic carbocycles. The molecule has 3 nitrogen and oxygen atoms in total. The Hall–Kier alpha value is -1.94. The first-order valence-corrected chi connectivity index (χ1v) is 6.20. The van der Waals surface area contributed by atoms with Gasteiger partial charge in [-0.3, -0.25) is 4.98 Å². The first kappa shape index (κ1) is 12.1. The second-order valence-corrected chi connectivity index (χ2v) is 4.67. The Kier molecular flexibility index (Phi) is 2.95. The molecule has 1 aromatic heterocycles. The van der Waals surface area contributed by atoms with E-state index in [0.29, 0.717) is 29.0 Å². The maximum absolute atomic E-state index is 13.9. The fraction of sp³-hybridized carbons (Fsp3) is 0.267. The summed E-state index contributed by atoms with van der Waals surface area (Å²) in [7, 11) is 1.55. The topological polar surface area (TPSA) is 42.4 Å². The molecular weight excluding hydrogens is 245 g/mol. The van der Waals surface area contributed by atoms with Gasteiger partial charge >= 0.3 is 0 Å². The van der Waals surface area contributed by atoms with Gasteiger partial charge in [-0.25, -0.2) is 4.39 Å². The predicted molar refractivity (Wildman–Crippen MR) is 69.5 cm³/mol. The Labute approximate surface area is 110 Å². The van der Waals surface area contributed by atoms with E-state index in [4.69, 9.17) is 4.74 Å². The third-order valence-electron chi connectivity index (χ3n) is 3.49. The van der Waals surface area contributed by atoms with E-state index < -0.39 is 6.10 Å². The van der Waals surface area contributed by atoms with Crippen LogP contribution in [0.1, 0.15) is 23.8 Å². The SMILES string of the molecule is COc1ccc(F)c(-c2cnc3c(c2)CCC3O)c1. The number of ether oxygens (including phenoxy) is 1. The van der Waals surface area contributed by atoms with Crippen LogP contribution in [0.25, 0.3) is 11.1 Å². The Morgan fingerprint density at radius 2 is 2.21 bits per heavy atom. The van der Waals surface area contributed by atoms with Gasteiger partial charge in [0.15, 0.2) is 0 Å². The number of methoxy groups -OCH3 is 1. The number of aromatic nitrogens is 1. The van der Waals surface area contributed by atoms with Crippen LogP contribution < -0.4 is 4.74 Å². The van der Waals surface area contributed by atoms with Crippen molar-refractivity contribution in [2.24, 2.45) is 0 Å². The van der Waals surface area contributed by atoms with Gasteiger partial charge in [0.2, 0.25) is 0 Å². The van der Waals surface area contributed by atoms with Crippen molar-refractivity contribution in [2.75, 3.05) is 7.11 Å². The zero-order valence-electron chi connectivity index (χ0n) is 10.6. The molecule has 19 heavy (non-hydrogen) atoms. The molecule has 98 valence electrons. The first-order valence-electron chi connectivity index (χ1n) is 6.20. The van der Waals surface area contributed by atoms with Gasteiger partial charge in [0.25, 0.3) is 0 Å². The summed E-state index contributed by atoms with van der Waals surface area (Å²) < 4.78 is 19.0. The molecule has 1 unspecified atom stereocenters. The molecule has 0 saturated carbocycles. The van der Waals surface area contributed by atoms with Crippen LogP contribution in [0.3, 0.4) is 0 Å². The number of aryl methyl sites for hydroxylation is 1. The summed E-state index contributed by atoms with van der Waals surface area (Å²) in [5, 5.41) is 9.72. The van der Waals surface area contributed by atoms with Gasteiger partial charge in [-0.15, -0.1) is 0 Å². The molecule has 1 atom stereocenters. The zero-order valence-corrected chi connectivity index (χ0v) is 10.6. The van der Waals surface area contributed by atoms with E-state index in [2.05, 4.69) is 4.98 Å². The normalized spacial score (nSPS) is 17.3. The molecule has 0 amide bonds. The van der Waals surface area contributed by atoms with Gasteiger partial charge in [-0.1, -0.05) is 0 Å². The average Bonchev–Trinajstić information content (AvgIpc) is 2.80. The van der Waals surface area contributed by atoms with Crippen molar-refractivity contribution >= 4 is 0 Å². The van der Waals surface area contributed by atoms with Crippen LogP contribution in [0.4, 0.5) is 4.39 Å². The molecule has 1 heterocycles. The minimum absolute atomic E-state index is 0.305. The number of nitrogens with zero attached hydrogens (tertiary/aromatic N) is 1. The van der Waals surface area contributed by atoms with E-state index in [1.54, 1.807) is 25.4 Å². The van der Waals surface area contributed by atoms with Gasteiger partial charge in [0.05, 0.1) is 18.9 Å². The molecular formula is C15H14FNO2. The number of aliphatic hydroxyl groups excluding tert-OH is 1. The van der Waals surface area contributed by atoms with Crippen LogP contribution in [0.2, 0.25) is 0 Å². The number of aliphatic hydroxyl groups is 1. The number of benzene rings is 1. The Balaban J connectivity index is 2.08. The van der Waals surface area contributed by atoms with E-state index in [1.807, 2.05) is 6.07 Å². The monoisotopic (exact) mass is 259 g/mol. The van der Waals surface area contributed by atoms with Crippen molar-refractivity contribution in [2.45, 2.75) is 18.9 Å². The summed E-state index contributed by atoms with van der Waals surface area (Å²) in [5.74, 6) is 0.304.